The summed E-state index contributed by atoms with van der Waals surface area (Å²) >= 11 is 0. The number of aromatic nitrogens is 1. The molecule has 0 aliphatic heterocycles. The zero-order valence-electron chi connectivity index (χ0n) is 11.0. The number of aromatic amines is 1. The third kappa shape index (κ3) is 5.36. The van der Waals surface area contributed by atoms with Crippen molar-refractivity contribution in [1.29, 1.82) is 0 Å². The van der Waals surface area contributed by atoms with Crippen molar-refractivity contribution in [3.05, 3.63) is 24.0 Å². The quantitative estimate of drug-likeness (QED) is 0.645. The van der Waals surface area contributed by atoms with E-state index in [1.807, 2.05) is 6.20 Å². The summed E-state index contributed by atoms with van der Waals surface area (Å²) in [7, 11) is 0. The van der Waals surface area contributed by atoms with Gasteiger partial charge in [-0.05, 0) is 23.5 Å². The second-order valence-electron chi connectivity index (χ2n) is 5.44. The molecule has 16 heavy (non-hydrogen) atoms. The van der Waals surface area contributed by atoms with E-state index in [2.05, 4.69) is 43.3 Å². The lowest BCUT2D eigenvalue weighted by Crippen LogP contribution is -2.28. The van der Waals surface area contributed by atoms with Crippen LogP contribution in [0, 0.1) is 5.41 Å². The van der Waals surface area contributed by atoms with E-state index in [1.54, 1.807) is 0 Å². The summed E-state index contributed by atoms with van der Waals surface area (Å²) in [6.45, 7) is 9.04. The maximum absolute atomic E-state index is 3.53. The van der Waals surface area contributed by atoms with Crippen LogP contribution in [0.2, 0.25) is 0 Å². The van der Waals surface area contributed by atoms with Crippen molar-refractivity contribution in [1.82, 2.24) is 10.3 Å². The van der Waals surface area contributed by atoms with E-state index in [0.29, 0.717) is 5.41 Å². The molecule has 0 saturated heterocycles. The lowest BCUT2D eigenvalue weighted by molar-refractivity contribution is 0.302. The van der Waals surface area contributed by atoms with Gasteiger partial charge in [-0.15, -0.1) is 0 Å². The number of rotatable bonds is 8. The van der Waals surface area contributed by atoms with Gasteiger partial charge in [0, 0.05) is 25.5 Å². The van der Waals surface area contributed by atoms with Crippen LogP contribution in [0.25, 0.3) is 0 Å². The first kappa shape index (κ1) is 13.3. The predicted molar refractivity (Wildman–Crippen MR) is 70.4 cm³/mol. The maximum atomic E-state index is 3.53. The summed E-state index contributed by atoms with van der Waals surface area (Å²) < 4.78 is 0. The van der Waals surface area contributed by atoms with Crippen LogP contribution < -0.4 is 5.32 Å². The van der Waals surface area contributed by atoms with Gasteiger partial charge >= 0.3 is 0 Å². The Hall–Kier alpha value is -0.760. The van der Waals surface area contributed by atoms with Crippen molar-refractivity contribution < 1.29 is 0 Å². The third-order valence-electron chi connectivity index (χ3n) is 3.05. The van der Waals surface area contributed by atoms with Gasteiger partial charge in [0.2, 0.25) is 0 Å². The molecule has 92 valence electrons. The minimum absolute atomic E-state index is 0.422. The van der Waals surface area contributed by atoms with Crippen LogP contribution in [-0.2, 0) is 6.54 Å². The molecule has 0 spiro atoms. The molecule has 1 heterocycles. The molecule has 1 aromatic rings. The van der Waals surface area contributed by atoms with E-state index >= 15 is 0 Å². The first-order valence-corrected chi connectivity index (χ1v) is 6.46. The molecular weight excluding hydrogens is 196 g/mol. The van der Waals surface area contributed by atoms with Gasteiger partial charge in [-0.25, -0.2) is 0 Å². The molecule has 1 rings (SSSR count). The molecule has 0 aliphatic rings. The molecule has 2 heteroatoms. The van der Waals surface area contributed by atoms with Gasteiger partial charge < -0.3 is 10.3 Å². The molecule has 0 saturated carbocycles. The highest BCUT2D eigenvalue weighted by Crippen LogP contribution is 2.22. The summed E-state index contributed by atoms with van der Waals surface area (Å²) in [6.07, 6.45) is 9.38. The van der Waals surface area contributed by atoms with Gasteiger partial charge in [-0.2, -0.15) is 0 Å². The summed E-state index contributed by atoms with van der Waals surface area (Å²) in [5.74, 6) is 0. The lowest BCUT2D eigenvalue weighted by Gasteiger charge is -2.25. The van der Waals surface area contributed by atoms with Crippen LogP contribution in [0.4, 0.5) is 0 Å². The fourth-order valence-corrected chi connectivity index (χ4v) is 1.96. The largest absolute Gasteiger partial charge is 0.367 e. The van der Waals surface area contributed by atoms with Gasteiger partial charge in [-0.3, -0.25) is 0 Å². The summed E-state index contributed by atoms with van der Waals surface area (Å²) in [6, 6.07) is 2.12. The molecule has 0 bridgehead atoms. The average molecular weight is 222 g/mol. The molecule has 0 fully saturated rings. The molecule has 0 amide bonds. The van der Waals surface area contributed by atoms with Gasteiger partial charge in [0.15, 0.2) is 0 Å². The standard InChI is InChI=1S/C14H26N2/c1-4-5-6-8-14(2,3)12-16-11-13-7-9-15-10-13/h7,9-10,15-16H,4-6,8,11-12H2,1-3H3. The van der Waals surface area contributed by atoms with Crippen LogP contribution in [-0.4, -0.2) is 11.5 Å². The molecule has 2 nitrogen and oxygen atoms in total. The molecule has 0 atom stereocenters. The van der Waals surface area contributed by atoms with Crippen LogP contribution in [0.5, 0.6) is 0 Å². The minimum Gasteiger partial charge on any atom is -0.367 e. The zero-order valence-corrected chi connectivity index (χ0v) is 11.0. The molecule has 0 radical (unpaired) electrons. The van der Waals surface area contributed by atoms with E-state index < -0.39 is 0 Å². The number of unbranched alkanes of at least 4 members (excludes halogenated alkanes) is 2. The minimum atomic E-state index is 0.422. The Morgan fingerprint density at radius 3 is 2.75 bits per heavy atom. The predicted octanol–water partition coefficient (Wildman–Crippen LogP) is 3.71. The van der Waals surface area contributed by atoms with Crippen molar-refractivity contribution in [3.63, 3.8) is 0 Å². The maximum Gasteiger partial charge on any atom is 0.0220 e. The summed E-state index contributed by atoms with van der Waals surface area (Å²) in [4.78, 5) is 3.08. The Kier molecular flexibility index (Phi) is 5.61. The molecule has 1 aromatic heterocycles. The fraction of sp³-hybridized carbons (Fsp3) is 0.714. The normalized spacial score (nSPS) is 11.9. The monoisotopic (exact) mass is 222 g/mol. The fourth-order valence-electron chi connectivity index (χ4n) is 1.96. The van der Waals surface area contributed by atoms with E-state index in [9.17, 15) is 0 Å². The smallest absolute Gasteiger partial charge is 0.0220 e. The summed E-state index contributed by atoms with van der Waals surface area (Å²) in [5, 5.41) is 3.53. The second kappa shape index (κ2) is 6.74. The highest BCUT2D eigenvalue weighted by atomic mass is 14.9. The number of hydrogen-bond acceptors (Lipinski definition) is 1. The van der Waals surface area contributed by atoms with E-state index in [1.165, 1.54) is 31.2 Å². The van der Waals surface area contributed by atoms with Gasteiger partial charge in [0.05, 0.1) is 0 Å². The Morgan fingerprint density at radius 2 is 2.12 bits per heavy atom. The Balaban J connectivity index is 2.14. The van der Waals surface area contributed by atoms with Crippen molar-refractivity contribution in [2.45, 2.75) is 53.0 Å². The molecule has 2 N–H and O–H groups in total. The average Bonchev–Trinajstić information content (AvgIpc) is 2.70. The topological polar surface area (TPSA) is 27.8 Å². The van der Waals surface area contributed by atoms with Crippen LogP contribution in [0.1, 0.15) is 52.0 Å². The van der Waals surface area contributed by atoms with Crippen molar-refractivity contribution in [2.24, 2.45) is 5.41 Å². The van der Waals surface area contributed by atoms with E-state index in [4.69, 9.17) is 0 Å². The third-order valence-corrected chi connectivity index (χ3v) is 3.05. The Morgan fingerprint density at radius 1 is 1.31 bits per heavy atom. The highest BCUT2D eigenvalue weighted by molar-refractivity contribution is 5.07. The van der Waals surface area contributed by atoms with Gasteiger partial charge in [-0.1, -0.05) is 40.0 Å². The number of nitrogens with one attached hydrogen (secondary N) is 2. The highest BCUT2D eigenvalue weighted by Gasteiger charge is 2.16. The Bertz CT molecular complexity index is 262. The molecule has 0 aliphatic carbocycles. The first-order chi connectivity index (χ1) is 7.64. The Labute approximate surface area is 99.8 Å². The second-order valence-corrected chi connectivity index (χ2v) is 5.44. The molecule has 0 unspecified atom stereocenters. The van der Waals surface area contributed by atoms with Crippen LogP contribution in [0.15, 0.2) is 18.5 Å². The molecule has 0 aromatic carbocycles. The van der Waals surface area contributed by atoms with E-state index in [-0.39, 0.29) is 0 Å². The van der Waals surface area contributed by atoms with Crippen molar-refractivity contribution in [3.8, 4) is 0 Å². The van der Waals surface area contributed by atoms with Crippen molar-refractivity contribution in [2.75, 3.05) is 6.54 Å². The number of hydrogen-bond donors (Lipinski definition) is 2. The SMILES string of the molecule is CCCCCC(C)(C)CNCc1cc[nH]c1. The first-order valence-electron chi connectivity index (χ1n) is 6.46. The van der Waals surface area contributed by atoms with Gasteiger partial charge in [0.1, 0.15) is 0 Å². The lowest BCUT2D eigenvalue weighted by atomic mass is 9.87. The molecular formula is C14H26N2. The van der Waals surface area contributed by atoms with E-state index in [0.717, 1.165) is 13.1 Å². The van der Waals surface area contributed by atoms with Gasteiger partial charge in [0.25, 0.3) is 0 Å². The van der Waals surface area contributed by atoms with Crippen LogP contribution in [0.3, 0.4) is 0 Å². The number of H-pyrrole nitrogens is 1. The van der Waals surface area contributed by atoms with Crippen LogP contribution >= 0.6 is 0 Å². The zero-order chi connectivity index (χ0) is 11.9. The summed E-state index contributed by atoms with van der Waals surface area (Å²) in [5.41, 5.74) is 1.76. The van der Waals surface area contributed by atoms with Crippen molar-refractivity contribution >= 4 is 0 Å².